The van der Waals surface area contributed by atoms with Gasteiger partial charge in [0.1, 0.15) is 0 Å². The standard InChI is InChI=1S/C17H21NO3S/c19-17(13-16-9-5-2-6-10-16)14-18-22(20,21)12-11-15-7-3-1-4-8-15/h1-10,17-19H,11-14H2. The number of hydrogen-bond donors (Lipinski definition) is 2. The zero-order chi connectivity index (χ0) is 15.8. The minimum Gasteiger partial charge on any atom is -0.391 e. The van der Waals surface area contributed by atoms with Gasteiger partial charge in [0.15, 0.2) is 0 Å². The van der Waals surface area contributed by atoms with Gasteiger partial charge in [-0.2, -0.15) is 0 Å². The van der Waals surface area contributed by atoms with Gasteiger partial charge >= 0.3 is 0 Å². The van der Waals surface area contributed by atoms with Crippen molar-refractivity contribution in [2.75, 3.05) is 12.3 Å². The first kappa shape index (κ1) is 16.7. The molecule has 1 unspecified atom stereocenters. The molecule has 2 aromatic carbocycles. The highest BCUT2D eigenvalue weighted by atomic mass is 32.2. The first-order chi connectivity index (χ1) is 10.6. The van der Waals surface area contributed by atoms with Crippen LogP contribution in [-0.4, -0.2) is 31.9 Å². The molecule has 0 aromatic heterocycles. The van der Waals surface area contributed by atoms with E-state index in [0.717, 1.165) is 11.1 Å². The molecule has 2 aromatic rings. The zero-order valence-electron chi connectivity index (χ0n) is 12.4. The number of aliphatic hydroxyl groups excluding tert-OH is 1. The Kier molecular flexibility index (Phi) is 6.12. The van der Waals surface area contributed by atoms with Crippen LogP contribution in [0, 0.1) is 0 Å². The van der Waals surface area contributed by atoms with E-state index < -0.39 is 16.1 Å². The quantitative estimate of drug-likeness (QED) is 0.779. The Morgan fingerprint density at radius 2 is 1.45 bits per heavy atom. The van der Waals surface area contributed by atoms with E-state index in [1.807, 2.05) is 60.7 Å². The van der Waals surface area contributed by atoms with Crippen molar-refractivity contribution >= 4 is 10.0 Å². The molecule has 22 heavy (non-hydrogen) atoms. The largest absolute Gasteiger partial charge is 0.391 e. The number of aryl methyl sites for hydroxylation is 1. The van der Waals surface area contributed by atoms with Gasteiger partial charge in [-0.3, -0.25) is 0 Å². The first-order valence-electron chi connectivity index (χ1n) is 7.28. The number of aliphatic hydroxyl groups is 1. The van der Waals surface area contributed by atoms with Crippen molar-refractivity contribution in [3.05, 3.63) is 71.8 Å². The Morgan fingerprint density at radius 3 is 2.05 bits per heavy atom. The number of benzene rings is 2. The summed E-state index contributed by atoms with van der Waals surface area (Å²) in [7, 11) is -3.38. The Bertz CT molecular complexity index is 657. The summed E-state index contributed by atoms with van der Waals surface area (Å²) < 4.78 is 26.3. The SMILES string of the molecule is O=S(=O)(CCc1ccccc1)NCC(O)Cc1ccccc1. The molecule has 5 heteroatoms. The molecule has 2 N–H and O–H groups in total. The molecule has 0 heterocycles. The van der Waals surface area contributed by atoms with Crippen molar-refractivity contribution in [2.24, 2.45) is 0 Å². The van der Waals surface area contributed by atoms with Gasteiger partial charge < -0.3 is 5.11 Å². The number of nitrogens with one attached hydrogen (secondary N) is 1. The molecule has 1 atom stereocenters. The van der Waals surface area contributed by atoms with Gasteiger partial charge in [-0.05, 0) is 24.0 Å². The van der Waals surface area contributed by atoms with Gasteiger partial charge in [0.2, 0.25) is 10.0 Å². The Hall–Kier alpha value is -1.69. The van der Waals surface area contributed by atoms with Gasteiger partial charge in [-0.1, -0.05) is 60.7 Å². The monoisotopic (exact) mass is 319 g/mol. The summed E-state index contributed by atoms with van der Waals surface area (Å²) in [5.41, 5.74) is 1.97. The normalized spacial score (nSPS) is 13.0. The molecule has 0 amide bonds. The second-order valence-corrected chi connectivity index (χ2v) is 7.17. The van der Waals surface area contributed by atoms with Crippen LogP contribution in [0.4, 0.5) is 0 Å². The van der Waals surface area contributed by atoms with E-state index in [2.05, 4.69) is 4.72 Å². The summed E-state index contributed by atoms with van der Waals surface area (Å²) in [6.07, 6.45) is 0.168. The maximum Gasteiger partial charge on any atom is 0.212 e. The van der Waals surface area contributed by atoms with Crippen molar-refractivity contribution in [1.82, 2.24) is 4.72 Å². The average Bonchev–Trinajstić information content (AvgIpc) is 2.53. The van der Waals surface area contributed by atoms with Crippen molar-refractivity contribution in [1.29, 1.82) is 0 Å². The van der Waals surface area contributed by atoms with E-state index in [1.54, 1.807) is 0 Å². The molecule has 0 bridgehead atoms. The molecule has 4 nitrogen and oxygen atoms in total. The fourth-order valence-corrected chi connectivity index (χ4v) is 3.25. The number of rotatable bonds is 8. The fraction of sp³-hybridized carbons (Fsp3) is 0.294. The third kappa shape index (κ3) is 5.97. The molecule has 118 valence electrons. The molecular weight excluding hydrogens is 298 g/mol. The van der Waals surface area contributed by atoms with Crippen LogP contribution >= 0.6 is 0 Å². The van der Waals surface area contributed by atoms with Crippen molar-refractivity contribution in [2.45, 2.75) is 18.9 Å². The lowest BCUT2D eigenvalue weighted by molar-refractivity contribution is 0.179. The molecule has 0 aliphatic heterocycles. The van der Waals surface area contributed by atoms with E-state index in [0.29, 0.717) is 12.8 Å². The second-order valence-electron chi connectivity index (χ2n) is 5.25. The molecule has 0 spiro atoms. The van der Waals surface area contributed by atoms with Crippen LogP contribution in [0.25, 0.3) is 0 Å². The lowest BCUT2D eigenvalue weighted by Crippen LogP contribution is -2.35. The van der Waals surface area contributed by atoms with Crippen LogP contribution in [0.2, 0.25) is 0 Å². The molecule has 2 rings (SSSR count). The fourth-order valence-electron chi connectivity index (χ4n) is 2.15. The molecule has 0 saturated carbocycles. The Labute approximate surface area is 131 Å². The van der Waals surface area contributed by atoms with Crippen LogP contribution in [0.3, 0.4) is 0 Å². The highest BCUT2D eigenvalue weighted by Gasteiger charge is 2.13. The Balaban J connectivity index is 1.77. The van der Waals surface area contributed by atoms with Gasteiger partial charge in [0.25, 0.3) is 0 Å². The van der Waals surface area contributed by atoms with Gasteiger partial charge in [0, 0.05) is 6.54 Å². The predicted octanol–water partition coefficient (Wildman–Crippen LogP) is 1.75. The maximum atomic E-state index is 11.9. The van der Waals surface area contributed by atoms with Crippen molar-refractivity contribution < 1.29 is 13.5 Å². The summed E-state index contributed by atoms with van der Waals surface area (Å²) in [6, 6.07) is 19.0. The van der Waals surface area contributed by atoms with Crippen LogP contribution in [0.15, 0.2) is 60.7 Å². The topological polar surface area (TPSA) is 66.4 Å². The summed E-state index contributed by atoms with van der Waals surface area (Å²) in [6.45, 7) is 0.0337. The summed E-state index contributed by atoms with van der Waals surface area (Å²) in [5.74, 6) is 0.0229. The van der Waals surface area contributed by atoms with E-state index in [-0.39, 0.29) is 12.3 Å². The highest BCUT2D eigenvalue weighted by molar-refractivity contribution is 7.89. The Morgan fingerprint density at radius 1 is 0.909 bits per heavy atom. The first-order valence-corrected chi connectivity index (χ1v) is 8.94. The van der Waals surface area contributed by atoms with Gasteiger partial charge in [-0.15, -0.1) is 0 Å². The summed E-state index contributed by atoms with van der Waals surface area (Å²) in [4.78, 5) is 0. The predicted molar refractivity (Wildman–Crippen MR) is 88.1 cm³/mol. The van der Waals surface area contributed by atoms with E-state index in [9.17, 15) is 13.5 Å². The summed E-state index contributed by atoms with van der Waals surface area (Å²) >= 11 is 0. The van der Waals surface area contributed by atoms with Gasteiger partial charge in [-0.25, -0.2) is 13.1 Å². The van der Waals surface area contributed by atoms with Crippen LogP contribution in [0.1, 0.15) is 11.1 Å². The lowest BCUT2D eigenvalue weighted by atomic mass is 10.1. The molecule has 0 aliphatic carbocycles. The van der Waals surface area contributed by atoms with Crippen molar-refractivity contribution in [3.63, 3.8) is 0 Å². The third-order valence-electron chi connectivity index (χ3n) is 3.36. The highest BCUT2D eigenvalue weighted by Crippen LogP contribution is 2.04. The number of hydrogen-bond acceptors (Lipinski definition) is 3. The zero-order valence-corrected chi connectivity index (χ0v) is 13.2. The number of sulfonamides is 1. The molecule has 0 fully saturated rings. The molecule has 0 saturated heterocycles. The smallest absolute Gasteiger partial charge is 0.212 e. The molecular formula is C17H21NO3S. The van der Waals surface area contributed by atoms with E-state index in [1.165, 1.54) is 0 Å². The van der Waals surface area contributed by atoms with E-state index in [4.69, 9.17) is 0 Å². The van der Waals surface area contributed by atoms with Crippen molar-refractivity contribution in [3.8, 4) is 0 Å². The van der Waals surface area contributed by atoms with Crippen LogP contribution < -0.4 is 4.72 Å². The summed E-state index contributed by atoms with van der Waals surface area (Å²) in [5, 5.41) is 9.92. The average molecular weight is 319 g/mol. The van der Waals surface area contributed by atoms with Crippen LogP contribution in [-0.2, 0) is 22.9 Å². The third-order valence-corrected chi connectivity index (χ3v) is 4.70. The maximum absolute atomic E-state index is 11.9. The minimum absolute atomic E-state index is 0.0229. The van der Waals surface area contributed by atoms with E-state index >= 15 is 0 Å². The molecule has 0 aliphatic rings. The van der Waals surface area contributed by atoms with Crippen LogP contribution in [0.5, 0.6) is 0 Å². The lowest BCUT2D eigenvalue weighted by Gasteiger charge is -2.12. The van der Waals surface area contributed by atoms with Gasteiger partial charge in [0.05, 0.1) is 11.9 Å². The second kappa shape index (κ2) is 8.08. The molecule has 0 radical (unpaired) electrons. The minimum atomic E-state index is -3.38.